The number of carboxylic acid groups (broad SMARTS) is 1. The number of aliphatic hydroxyl groups excluding tert-OH is 1. The summed E-state index contributed by atoms with van der Waals surface area (Å²) in [5.74, 6) is -3.03. The predicted octanol–water partition coefficient (Wildman–Crippen LogP) is 0.365. The van der Waals surface area contributed by atoms with Crippen LogP contribution in [0.15, 0.2) is 24.3 Å². The molecule has 14 heteroatoms. The second kappa shape index (κ2) is 16.7. The first-order valence-corrected chi connectivity index (χ1v) is 12.8. The second-order valence-electron chi connectivity index (χ2n) is 8.66. The molecule has 1 aromatic carbocycles. The fourth-order valence-corrected chi connectivity index (χ4v) is 3.86. The molecule has 1 aromatic rings. The van der Waals surface area contributed by atoms with Gasteiger partial charge in [-0.15, -0.1) is 0 Å². The van der Waals surface area contributed by atoms with Crippen molar-refractivity contribution in [1.82, 2.24) is 19.5 Å². The van der Waals surface area contributed by atoms with E-state index in [4.69, 9.17) is 10.8 Å². The smallest absolute Gasteiger partial charge is 0.312 e. The highest BCUT2D eigenvalue weighted by Crippen LogP contribution is 2.12. The van der Waals surface area contributed by atoms with Gasteiger partial charge in [-0.05, 0) is 42.9 Å². The predicted molar refractivity (Wildman–Crippen MR) is 144 cm³/mol. The highest BCUT2D eigenvalue weighted by molar-refractivity contribution is 14.1. The van der Waals surface area contributed by atoms with Crippen molar-refractivity contribution in [3.8, 4) is 0 Å². The van der Waals surface area contributed by atoms with Crippen molar-refractivity contribution in [2.75, 3.05) is 11.9 Å². The Morgan fingerprint density at radius 3 is 2.11 bits per heavy atom. The summed E-state index contributed by atoms with van der Waals surface area (Å²) < 4.78 is 2.72. The van der Waals surface area contributed by atoms with Crippen molar-refractivity contribution in [1.29, 1.82) is 0 Å². The van der Waals surface area contributed by atoms with Crippen LogP contribution in [0.2, 0.25) is 0 Å². The van der Waals surface area contributed by atoms with E-state index in [2.05, 4.69) is 24.8 Å². The van der Waals surface area contributed by atoms with E-state index in [1.165, 1.54) is 0 Å². The molecule has 0 radical (unpaired) electrons. The first kappa shape index (κ1) is 32.0. The van der Waals surface area contributed by atoms with Crippen LogP contribution in [0.3, 0.4) is 0 Å². The number of anilines is 1. The number of halogens is 1. The number of primary amides is 1. The van der Waals surface area contributed by atoms with Gasteiger partial charge in [-0.2, -0.15) is 0 Å². The van der Waals surface area contributed by atoms with E-state index in [1.807, 2.05) is 0 Å². The molecule has 0 heterocycles. The van der Waals surface area contributed by atoms with Gasteiger partial charge in [0.1, 0.15) is 12.1 Å². The molecule has 9 N–H and O–H groups in total. The van der Waals surface area contributed by atoms with E-state index in [1.54, 1.807) is 61.0 Å². The molecule has 0 aliphatic carbocycles. The largest absolute Gasteiger partial charge is 0.481 e. The zero-order chi connectivity index (χ0) is 28.0. The average Bonchev–Trinajstić information content (AvgIpc) is 2.84. The third kappa shape index (κ3) is 12.2. The van der Waals surface area contributed by atoms with Crippen LogP contribution in [0.4, 0.5) is 10.5 Å². The molecule has 0 spiro atoms. The third-order valence-corrected chi connectivity index (χ3v) is 6.10. The first-order chi connectivity index (χ1) is 17.5. The van der Waals surface area contributed by atoms with Crippen LogP contribution in [-0.2, 0) is 25.8 Å². The molecule has 0 aliphatic heterocycles. The maximum atomic E-state index is 13.1. The van der Waals surface area contributed by atoms with Crippen LogP contribution in [0, 0.1) is 5.92 Å². The number of hydrogen-bond acceptors (Lipinski definition) is 7. The lowest BCUT2D eigenvalue weighted by molar-refractivity contribution is -0.137. The molecule has 0 saturated heterocycles. The normalized spacial score (nSPS) is 13.2. The fraction of sp³-hybridized carbons (Fsp3) is 0.522. The Morgan fingerprint density at radius 1 is 0.946 bits per heavy atom. The number of benzene rings is 1. The molecule has 0 fully saturated rings. The molecule has 3 atom stereocenters. The zero-order valence-corrected chi connectivity index (χ0v) is 22.9. The molecule has 0 unspecified atom stereocenters. The number of aliphatic hydroxyl groups is 1. The molecular weight excluding hydrogens is 599 g/mol. The van der Waals surface area contributed by atoms with Crippen LogP contribution in [0.25, 0.3) is 0 Å². The molecule has 0 aliphatic rings. The van der Waals surface area contributed by atoms with Gasteiger partial charge in [-0.3, -0.25) is 19.2 Å². The lowest BCUT2D eigenvalue weighted by Gasteiger charge is -2.26. The number of hydrogen-bond donors (Lipinski definition) is 8. The Labute approximate surface area is 229 Å². The van der Waals surface area contributed by atoms with Crippen molar-refractivity contribution in [3.63, 3.8) is 0 Å². The van der Waals surface area contributed by atoms with Gasteiger partial charge in [-0.1, -0.05) is 26.0 Å². The minimum absolute atomic E-state index is 0.0313. The Bertz CT molecular complexity index is 929. The summed E-state index contributed by atoms with van der Waals surface area (Å²) in [7, 11) is 0. The number of aliphatic carboxylic acids is 1. The molecule has 0 bridgehead atoms. The summed E-state index contributed by atoms with van der Waals surface area (Å²) in [6.07, 6.45) is 0.304. The van der Waals surface area contributed by atoms with Crippen molar-refractivity contribution in [3.05, 3.63) is 29.8 Å². The van der Waals surface area contributed by atoms with Crippen LogP contribution in [0.5, 0.6) is 0 Å². The van der Waals surface area contributed by atoms with Crippen LogP contribution in [0.1, 0.15) is 45.1 Å². The molecule has 13 nitrogen and oxygen atoms in total. The summed E-state index contributed by atoms with van der Waals surface area (Å²) in [5, 5.41) is 28.5. The van der Waals surface area contributed by atoms with E-state index in [9.17, 15) is 29.1 Å². The number of carbonyl (C=O) groups excluding carboxylic acids is 4. The number of amides is 5. The second-order valence-corrected chi connectivity index (χ2v) is 9.29. The van der Waals surface area contributed by atoms with Crippen molar-refractivity contribution < 1.29 is 34.2 Å². The van der Waals surface area contributed by atoms with Crippen LogP contribution < -0.4 is 30.5 Å². The number of urea groups is 1. The number of carbonyl (C=O) groups is 5. The molecule has 5 amide bonds. The monoisotopic (exact) mass is 634 g/mol. The Morgan fingerprint density at radius 2 is 1.59 bits per heavy atom. The standard InChI is InChI=1S/C23H35IN6O7/c1-13(2)19(29-21(35)17(30-24)9-10-18(32)33)22(36)28-16(4-3-11-26-23(25)37)20(34)27-15-7-5-14(12-31)6-8-15/h5-8,13,16-17,19,30-31H,3-4,9-12H2,1-2H3,(H,27,34)(H,28,36)(H,29,35)(H,32,33)(H3,25,26,37)/t16-,17-,19-/m0/s1. The van der Waals surface area contributed by atoms with Gasteiger partial charge in [0.25, 0.3) is 0 Å². The molecule has 0 saturated carbocycles. The first-order valence-electron chi connectivity index (χ1n) is 11.7. The van der Waals surface area contributed by atoms with Gasteiger partial charge in [0, 0.05) is 41.5 Å². The van der Waals surface area contributed by atoms with Gasteiger partial charge in [0.2, 0.25) is 17.7 Å². The van der Waals surface area contributed by atoms with Crippen molar-refractivity contribution in [2.24, 2.45) is 11.7 Å². The van der Waals surface area contributed by atoms with E-state index in [0.29, 0.717) is 17.7 Å². The number of rotatable bonds is 16. The van der Waals surface area contributed by atoms with Crippen LogP contribution >= 0.6 is 22.9 Å². The number of nitrogens with two attached hydrogens (primary N) is 1. The van der Waals surface area contributed by atoms with Gasteiger partial charge in [0.15, 0.2) is 0 Å². The number of nitrogens with one attached hydrogen (secondary N) is 5. The van der Waals surface area contributed by atoms with E-state index in [0.717, 1.165) is 0 Å². The highest BCUT2D eigenvalue weighted by Gasteiger charge is 2.30. The SMILES string of the molecule is CC(C)[C@H](NC(=O)[C@H](CCC(=O)O)NI)C(=O)N[C@@H](CCCNC(N)=O)C(=O)Nc1ccc(CO)cc1. The van der Waals surface area contributed by atoms with Crippen molar-refractivity contribution >= 4 is 58.3 Å². The lowest BCUT2D eigenvalue weighted by atomic mass is 10.0. The third-order valence-electron chi connectivity index (χ3n) is 5.35. The summed E-state index contributed by atoms with van der Waals surface area (Å²) >= 11 is 1.75. The molecular formula is C23H35IN6O7. The Kier molecular flexibility index (Phi) is 14.5. The summed E-state index contributed by atoms with van der Waals surface area (Å²) in [6.45, 7) is 3.50. The molecule has 206 valence electrons. The summed E-state index contributed by atoms with van der Waals surface area (Å²) in [5.41, 5.74) is 6.20. The Hall–Kier alpha value is -2.98. The zero-order valence-electron chi connectivity index (χ0n) is 20.8. The summed E-state index contributed by atoms with van der Waals surface area (Å²) in [6, 6.07) is 2.99. The quantitative estimate of drug-likeness (QED) is 0.0721. The van der Waals surface area contributed by atoms with Gasteiger partial charge in [-0.25, -0.2) is 8.32 Å². The molecule has 37 heavy (non-hydrogen) atoms. The average molecular weight is 634 g/mol. The topological polar surface area (TPSA) is 212 Å². The molecule has 0 aromatic heterocycles. The maximum absolute atomic E-state index is 13.1. The van der Waals surface area contributed by atoms with Crippen LogP contribution in [-0.4, -0.2) is 64.6 Å². The molecule has 1 rings (SSSR count). The number of carboxylic acids is 1. The van der Waals surface area contributed by atoms with E-state index >= 15 is 0 Å². The fourth-order valence-electron chi connectivity index (χ4n) is 3.26. The Balaban J connectivity index is 2.96. The highest BCUT2D eigenvalue weighted by atomic mass is 127. The minimum Gasteiger partial charge on any atom is -0.481 e. The van der Waals surface area contributed by atoms with Gasteiger partial charge >= 0.3 is 12.0 Å². The minimum atomic E-state index is -1.05. The van der Waals surface area contributed by atoms with Gasteiger partial charge < -0.3 is 37.2 Å². The van der Waals surface area contributed by atoms with E-state index < -0.39 is 47.8 Å². The van der Waals surface area contributed by atoms with Crippen molar-refractivity contribution in [2.45, 2.75) is 64.3 Å². The van der Waals surface area contributed by atoms with E-state index in [-0.39, 0.29) is 38.3 Å². The summed E-state index contributed by atoms with van der Waals surface area (Å²) in [4.78, 5) is 60.7. The lowest BCUT2D eigenvalue weighted by Crippen LogP contribution is -2.56. The van der Waals surface area contributed by atoms with Gasteiger partial charge in [0.05, 0.1) is 12.6 Å². The maximum Gasteiger partial charge on any atom is 0.312 e.